The second-order valence-electron chi connectivity index (χ2n) is 9.09. The highest BCUT2D eigenvalue weighted by molar-refractivity contribution is 5.93. The van der Waals surface area contributed by atoms with Gasteiger partial charge in [-0.1, -0.05) is 0 Å². The Morgan fingerprint density at radius 2 is 1.92 bits per heavy atom. The summed E-state index contributed by atoms with van der Waals surface area (Å²) >= 11 is 0. The van der Waals surface area contributed by atoms with Gasteiger partial charge in [-0.15, -0.1) is 0 Å². The Bertz CT molecular complexity index is 1240. The average Bonchev–Trinajstić information content (AvgIpc) is 2.86. The number of rotatable bonds is 9. The lowest BCUT2D eigenvalue weighted by atomic mass is 9.90. The zero-order chi connectivity index (χ0) is 25.7. The van der Waals surface area contributed by atoms with Gasteiger partial charge in [0, 0.05) is 62.2 Å². The van der Waals surface area contributed by atoms with Gasteiger partial charge in [-0.25, -0.2) is 4.79 Å². The Morgan fingerprint density at radius 1 is 1.14 bits per heavy atom. The number of aryl methyl sites for hydroxylation is 2. The SMILES string of the molecule is CCN(CCCC(=O)OCOC(C)=O)C(=O)/C=C/c1cc2cc3c4c(c2oc1=O)CCCN4CCC3. The Kier molecular flexibility index (Phi) is 8.07. The minimum atomic E-state index is -0.529. The van der Waals surface area contributed by atoms with Crippen molar-refractivity contribution >= 4 is 40.6 Å². The monoisotopic (exact) mass is 496 g/mol. The third-order valence-corrected chi connectivity index (χ3v) is 6.63. The summed E-state index contributed by atoms with van der Waals surface area (Å²) in [4.78, 5) is 51.8. The first-order valence-corrected chi connectivity index (χ1v) is 12.5. The topological polar surface area (TPSA) is 106 Å². The Hall–Kier alpha value is -3.62. The van der Waals surface area contributed by atoms with Crippen LogP contribution < -0.4 is 10.5 Å². The molecule has 0 atom stereocenters. The molecule has 4 rings (SSSR count). The van der Waals surface area contributed by atoms with Gasteiger partial charge < -0.3 is 23.7 Å². The van der Waals surface area contributed by atoms with Crippen molar-refractivity contribution in [3.8, 4) is 0 Å². The van der Waals surface area contributed by atoms with Crippen molar-refractivity contribution in [2.45, 2.75) is 52.4 Å². The number of ether oxygens (including phenoxy) is 2. The molecule has 2 aromatic rings. The molecular weight excluding hydrogens is 464 g/mol. The summed E-state index contributed by atoms with van der Waals surface area (Å²) in [6.07, 6.45) is 7.43. The van der Waals surface area contributed by atoms with Crippen molar-refractivity contribution in [2.75, 3.05) is 37.9 Å². The first-order chi connectivity index (χ1) is 17.4. The minimum Gasteiger partial charge on any atom is -0.428 e. The van der Waals surface area contributed by atoms with Crippen LogP contribution in [0.25, 0.3) is 17.0 Å². The van der Waals surface area contributed by atoms with Crippen LogP contribution in [0.3, 0.4) is 0 Å². The van der Waals surface area contributed by atoms with E-state index in [1.807, 2.05) is 13.0 Å². The van der Waals surface area contributed by atoms with Crippen LogP contribution in [-0.4, -0.2) is 55.7 Å². The predicted molar refractivity (Wildman–Crippen MR) is 135 cm³/mol. The number of nitrogens with zero attached hydrogens (tertiary/aromatic N) is 2. The molecule has 1 amide bonds. The molecule has 9 nitrogen and oxygen atoms in total. The molecule has 0 aliphatic carbocycles. The summed E-state index contributed by atoms with van der Waals surface area (Å²) in [5.41, 5.74) is 4.19. The van der Waals surface area contributed by atoms with Gasteiger partial charge in [0.1, 0.15) is 5.58 Å². The van der Waals surface area contributed by atoms with Gasteiger partial charge in [0.25, 0.3) is 0 Å². The van der Waals surface area contributed by atoms with Gasteiger partial charge in [0.2, 0.25) is 12.7 Å². The van der Waals surface area contributed by atoms with Crippen LogP contribution in [0, 0.1) is 0 Å². The maximum absolute atomic E-state index is 12.8. The predicted octanol–water partition coefficient (Wildman–Crippen LogP) is 3.20. The van der Waals surface area contributed by atoms with Crippen LogP contribution in [0.15, 0.2) is 27.4 Å². The molecule has 0 saturated heterocycles. The van der Waals surface area contributed by atoms with Crippen molar-refractivity contribution in [3.05, 3.63) is 45.3 Å². The van der Waals surface area contributed by atoms with E-state index in [4.69, 9.17) is 9.15 Å². The van der Waals surface area contributed by atoms with Crippen LogP contribution in [0.4, 0.5) is 5.69 Å². The summed E-state index contributed by atoms with van der Waals surface area (Å²) in [6.45, 7) is 5.54. The number of benzene rings is 1. The second-order valence-corrected chi connectivity index (χ2v) is 9.09. The molecule has 0 radical (unpaired) electrons. The molecule has 0 unspecified atom stereocenters. The number of likely N-dealkylation sites (N-methyl/N-ethyl adjacent to an activating group) is 1. The van der Waals surface area contributed by atoms with Crippen molar-refractivity contribution in [2.24, 2.45) is 0 Å². The van der Waals surface area contributed by atoms with E-state index in [9.17, 15) is 19.2 Å². The summed E-state index contributed by atoms with van der Waals surface area (Å²) in [6, 6.07) is 3.93. The molecule has 2 aliphatic heterocycles. The molecule has 1 aromatic heterocycles. The third-order valence-electron chi connectivity index (χ3n) is 6.63. The van der Waals surface area contributed by atoms with Crippen LogP contribution in [-0.2, 0) is 36.7 Å². The van der Waals surface area contributed by atoms with E-state index < -0.39 is 24.4 Å². The number of hydrogen-bond acceptors (Lipinski definition) is 8. The van der Waals surface area contributed by atoms with E-state index in [1.165, 1.54) is 30.3 Å². The molecule has 0 spiro atoms. The number of carbonyl (C=O) groups is 3. The standard InChI is InChI=1S/C27H32N2O7/c1-3-28(12-6-9-24(32)35-17-34-18(2)30)23(31)11-10-20-16-21-15-19-7-4-13-29-14-5-8-22(25(19)29)26(21)36-27(20)33/h10-11,15-16H,3-9,12-14,17H2,1-2H3/b11-10+. The van der Waals surface area contributed by atoms with E-state index in [0.29, 0.717) is 30.7 Å². The van der Waals surface area contributed by atoms with Crippen molar-refractivity contribution < 1.29 is 28.3 Å². The lowest BCUT2D eigenvalue weighted by Crippen LogP contribution is -2.34. The van der Waals surface area contributed by atoms with E-state index in [2.05, 4.69) is 15.7 Å². The summed E-state index contributed by atoms with van der Waals surface area (Å²) in [5.74, 6) is -1.30. The fourth-order valence-electron chi connectivity index (χ4n) is 4.93. The van der Waals surface area contributed by atoms with Gasteiger partial charge in [-0.2, -0.15) is 0 Å². The molecule has 9 heteroatoms. The summed E-state index contributed by atoms with van der Waals surface area (Å²) in [5, 5.41) is 0.888. The number of hydrogen-bond donors (Lipinski definition) is 0. The zero-order valence-electron chi connectivity index (χ0n) is 20.8. The second kappa shape index (κ2) is 11.4. The molecule has 3 heterocycles. The number of fused-ring (bicyclic) bond motifs is 2. The lowest BCUT2D eigenvalue weighted by Gasteiger charge is -2.37. The smallest absolute Gasteiger partial charge is 0.343 e. The number of anilines is 1. The quantitative estimate of drug-likeness (QED) is 0.226. The lowest BCUT2D eigenvalue weighted by molar-refractivity contribution is -0.165. The van der Waals surface area contributed by atoms with Crippen LogP contribution in [0.1, 0.15) is 56.2 Å². The molecule has 2 aliphatic rings. The fraction of sp³-hybridized carbons (Fsp3) is 0.481. The zero-order valence-corrected chi connectivity index (χ0v) is 20.8. The first-order valence-electron chi connectivity index (χ1n) is 12.5. The molecule has 0 saturated carbocycles. The number of amides is 1. The highest BCUT2D eigenvalue weighted by Crippen LogP contribution is 2.39. The van der Waals surface area contributed by atoms with Gasteiger partial charge in [0.05, 0.1) is 5.56 Å². The summed E-state index contributed by atoms with van der Waals surface area (Å²) in [7, 11) is 0. The van der Waals surface area contributed by atoms with E-state index in [1.54, 1.807) is 4.90 Å². The van der Waals surface area contributed by atoms with E-state index in [0.717, 1.165) is 49.7 Å². The highest BCUT2D eigenvalue weighted by Gasteiger charge is 2.27. The fourth-order valence-corrected chi connectivity index (χ4v) is 4.93. The normalized spacial score (nSPS) is 14.6. The first kappa shape index (κ1) is 25.5. The molecule has 36 heavy (non-hydrogen) atoms. The van der Waals surface area contributed by atoms with Gasteiger partial charge in [0.15, 0.2) is 0 Å². The van der Waals surface area contributed by atoms with E-state index >= 15 is 0 Å². The largest absolute Gasteiger partial charge is 0.428 e. The third kappa shape index (κ3) is 5.78. The molecule has 0 N–H and O–H groups in total. The van der Waals surface area contributed by atoms with Crippen LogP contribution in [0.2, 0.25) is 0 Å². The highest BCUT2D eigenvalue weighted by atomic mass is 16.7. The van der Waals surface area contributed by atoms with E-state index in [-0.39, 0.29) is 12.3 Å². The molecule has 0 fully saturated rings. The van der Waals surface area contributed by atoms with Crippen molar-refractivity contribution in [3.63, 3.8) is 0 Å². The number of carbonyl (C=O) groups excluding carboxylic acids is 3. The minimum absolute atomic E-state index is 0.0904. The summed E-state index contributed by atoms with van der Waals surface area (Å²) < 4.78 is 15.1. The maximum Gasteiger partial charge on any atom is 0.343 e. The molecule has 1 aromatic carbocycles. The van der Waals surface area contributed by atoms with Crippen LogP contribution in [0.5, 0.6) is 0 Å². The van der Waals surface area contributed by atoms with Gasteiger partial charge in [-0.05, 0) is 62.8 Å². The van der Waals surface area contributed by atoms with Gasteiger partial charge >= 0.3 is 17.6 Å². The Balaban J connectivity index is 1.42. The van der Waals surface area contributed by atoms with Gasteiger partial charge in [-0.3, -0.25) is 14.4 Å². The molecular formula is C27H32N2O7. The Labute approximate surface area is 209 Å². The maximum atomic E-state index is 12.8. The average molecular weight is 497 g/mol. The Morgan fingerprint density at radius 3 is 2.67 bits per heavy atom. The molecule has 0 bridgehead atoms. The van der Waals surface area contributed by atoms with Crippen LogP contribution >= 0.6 is 0 Å². The number of esters is 2. The van der Waals surface area contributed by atoms with Crippen molar-refractivity contribution in [1.82, 2.24) is 4.90 Å². The van der Waals surface area contributed by atoms with Crippen molar-refractivity contribution in [1.29, 1.82) is 0 Å². The molecule has 192 valence electrons.